The van der Waals surface area contributed by atoms with E-state index in [1.165, 1.54) is 26.0 Å². The van der Waals surface area contributed by atoms with E-state index in [2.05, 4.69) is 30.9 Å². The topological polar surface area (TPSA) is 138 Å². The summed E-state index contributed by atoms with van der Waals surface area (Å²) >= 11 is 3.41. The lowest BCUT2D eigenvalue weighted by Crippen LogP contribution is -2.09. The van der Waals surface area contributed by atoms with Gasteiger partial charge in [-0.05, 0) is 50.2 Å². The zero-order chi connectivity index (χ0) is 25.1. The van der Waals surface area contributed by atoms with Crippen LogP contribution < -0.4 is 9.47 Å². The quantitative estimate of drug-likeness (QED) is 0.250. The SMILES string of the molecule is CC(O)Oc1ccc(-c2nc(-c3ccc(Br)cc3)nc(-c3ccc(OC(C)O)cc3O)n2)c(O)c1. The van der Waals surface area contributed by atoms with Crippen LogP contribution in [-0.4, -0.2) is 48.0 Å². The van der Waals surface area contributed by atoms with Gasteiger partial charge in [-0.1, -0.05) is 28.1 Å². The number of aliphatic hydroxyl groups excluding tert-OH is 2. The zero-order valence-electron chi connectivity index (χ0n) is 18.8. The number of halogens is 1. The van der Waals surface area contributed by atoms with Crippen LogP contribution >= 0.6 is 15.9 Å². The number of phenolic OH excluding ortho intramolecular Hbond substituents is 2. The van der Waals surface area contributed by atoms with E-state index in [0.717, 1.165) is 4.47 Å². The van der Waals surface area contributed by atoms with Gasteiger partial charge in [-0.25, -0.2) is 15.0 Å². The summed E-state index contributed by atoms with van der Waals surface area (Å²) in [7, 11) is 0. The van der Waals surface area contributed by atoms with Crippen molar-refractivity contribution in [2.24, 2.45) is 0 Å². The van der Waals surface area contributed by atoms with Crippen LogP contribution in [0.25, 0.3) is 34.2 Å². The number of aromatic hydroxyl groups is 2. The van der Waals surface area contributed by atoms with E-state index in [4.69, 9.17) is 9.47 Å². The van der Waals surface area contributed by atoms with Crippen LogP contribution in [0, 0.1) is 0 Å². The third kappa shape index (κ3) is 5.86. The molecule has 0 aliphatic rings. The first-order valence-corrected chi connectivity index (χ1v) is 11.4. The fraction of sp³-hybridized carbons (Fsp3) is 0.160. The summed E-state index contributed by atoms with van der Waals surface area (Å²) in [5.74, 6) is 0.879. The molecular weight excluding hydrogens is 518 g/mol. The summed E-state index contributed by atoms with van der Waals surface area (Å²) < 4.78 is 11.3. The smallest absolute Gasteiger partial charge is 0.194 e. The highest BCUT2D eigenvalue weighted by Crippen LogP contribution is 2.35. The Labute approximate surface area is 209 Å². The molecular formula is C25H22BrN3O6. The standard InChI is InChI=1S/C25H22BrN3O6/c1-13(30)34-17-7-9-19(21(32)11-17)24-27-23(15-3-5-16(26)6-4-15)28-25(29-24)20-10-8-18(12-22(20)33)35-14(2)31/h3-14,30-33H,1-2H3. The molecule has 10 heteroatoms. The van der Waals surface area contributed by atoms with E-state index >= 15 is 0 Å². The molecule has 0 saturated carbocycles. The highest BCUT2D eigenvalue weighted by molar-refractivity contribution is 9.10. The van der Waals surface area contributed by atoms with Gasteiger partial charge in [-0.2, -0.15) is 0 Å². The maximum absolute atomic E-state index is 10.6. The van der Waals surface area contributed by atoms with Crippen molar-refractivity contribution in [3.8, 4) is 57.2 Å². The van der Waals surface area contributed by atoms with Gasteiger partial charge in [-0.15, -0.1) is 0 Å². The average molecular weight is 540 g/mol. The number of benzene rings is 3. The van der Waals surface area contributed by atoms with Crippen LogP contribution in [0.2, 0.25) is 0 Å². The minimum Gasteiger partial charge on any atom is -0.507 e. The third-order valence-electron chi connectivity index (χ3n) is 4.77. The highest BCUT2D eigenvalue weighted by Gasteiger charge is 2.18. The summed E-state index contributed by atoms with van der Waals surface area (Å²) in [5, 5.41) is 40.1. The van der Waals surface area contributed by atoms with E-state index < -0.39 is 12.6 Å². The molecule has 180 valence electrons. The lowest BCUT2D eigenvalue weighted by atomic mass is 10.1. The number of aliphatic hydroxyl groups is 2. The monoisotopic (exact) mass is 539 g/mol. The minimum atomic E-state index is -1.04. The van der Waals surface area contributed by atoms with Crippen LogP contribution in [-0.2, 0) is 0 Å². The zero-order valence-corrected chi connectivity index (χ0v) is 20.3. The molecule has 0 aliphatic carbocycles. The summed E-state index contributed by atoms with van der Waals surface area (Å²) in [6.07, 6.45) is -2.09. The minimum absolute atomic E-state index is 0.160. The van der Waals surface area contributed by atoms with Gasteiger partial charge in [0.2, 0.25) is 0 Å². The van der Waals surface area contributed by atoms with Crippen molar-refractivity contribution in [3.05, 3.63) is 65.1 Å². The first kappa shape index (κ1) is 24.4. The van der Waals surface area contributed by atoms with Crippen molar-refractivity contribution in [1.29, 1.82) is 0 Å². The number of ether oxygens (including phenoxy) is 2. The summed E-state index contributed by atoms with van der Waals surface area (Å²) in [6, 6.07) is 16.3. The predicted molar refractivity (Wildman–Crippen MR) is 132 cm³/mol. The molecule has 0 radical (unpaired) electrons. The molecule has 2 unspecified atom stereocenters. The number of hydrogen-bond acceptors (Lipinski definition) is 9. The molecule has 1 aromatic heterocycles. The molecule has 4 N–H and O–H groups in total. The molecule has 0 bridgehead atoms. The Balaban J connectivity index is 1.84. The predicted octanol–water partition coefficient (Wildman–Crippen LogP) is 4.48. The Morgan fingerprint density at radius 3 is 1.49 bits per heavy atom. The second-order valence-corrected chi connectivity index (χ2v) is 8.52. The number of hydrogen-bond donors (Lipinski definition) is 4. The molecule has 4 aromatic rings. The molecule has 0 spiro atoms. The van der Waals surface area contributed by atoms with Crippen molar-refractivity contribution in [3.63, 3.8) is 0 Å². The normalized spacial score (nSPS) is 12.7. The first-order valence-electron chi connectivity index (χ1n) is 10.6. The number of phenols is 2. The fourth-order valence-corrected chi connectivity index (χ4v) is 3.55. The Morgan fingerprint density at radius 2 is 1.09 bits per heavy atom. The van der Waals surface area contributed by atoms with E-state index in [1.54, 1.807) is 24.3 Å². The summed E-state index contributed by atoms with van der Waals surface area (Å²) in [6.45, 7) is 2.91. The fourth-order valence-electron chi connectivity index (χ4n) is 3.29. The van der Waals surface area contributed by atoms with Crippen LogP contribution in [0.15, 0.2) is 65.1 Å². The van der Waals surface area contributed by atoms with Crippen LogP contribution in [0.5, 0.6) is 23.0 Å². The largest absolute Gasteiger partial charge is 0.507 e. The van der Waals surface area contributed by atoms with E-state index in [9.17, 15) is 20.4 Å². The van der Waals surface area contributed by atoms with E-state index in [1.807, 2.05) is 24.3 Å². The second kappa shape index (κ2) is 10.3. The van der Waals surface area contributed by atoms with Gasteiger partial charge in [0.1, 0.15) is 23.0 Å². The number of aromatic nitrogens is 3. The van der Waals surface area contributed by atoms with E-state index in [0.29, 0.717) is 22.5 Å². The van der Waals surface area contributed by atoms with Gasteiger partial charge in [0.15, 0.2) is 30.1 Å². The van der Waals surface area contributed by atoms with Gasteiger partial charge < -0.3 is 29.9 Å². The van der Waals surface area contributed by atoms with Crippen LogP contribution in [0.3, 0.4) is 0 Å². The van der Waals surface area contributed by atoms with Crippen LogP contribution in [0.1, 0.15) is 13.8 Å². The third-order valence-corrected chi connectivity index (χ3v) is 5.30. The molecule has 3 aromatic carbocycles. The van der Waals surface area contributed by atoms with Gasteiger partial charge in [-0.3, -0.25) is 0 Å². The molecule has 0 amide bonds. The van der Waals surface area contributed by atoms with Gasteiger partial charge in [0.05, 0.1) is 11.1 Å². The number of rotatable bonds is 7. The highest BCUT2D eigenvalue weighted by atomic mass is 79.9. The van der Waals surface area contributed by atoms with Crippen LogP contribution in [0.4, 0.5) is 0 Å². The lowest BCUT2D eigenvalue weighted by Gasteiger charge is -2.13. The molecule has 2 atom stereocenters. The molecule has 4 rings (SSSR count). The summed E-state index contributed by atoms with van der Waals surface area (Å²) in [5.41, 5.74) is 1.30. The van der Waals surface area contributed by atoms with E-state index in [-0.39, 0.29) is 34.6 Å². The molecule has 0 aliphatic heterocycles. The Morgan fingerprint density at radius 1 is 0.657 bits per heavy atom. The maximum atomic E-state index is 10.6. The number of nitrogens with zero attached hydrogens (tertiary/aromatic N) is 3. The molecule has 9 nitrogen and oxygen atoms in total. The Kier molecular flexibility index (Phi) is 7.15. The Hall–Kier alpha value is -3.73. The first-order chi connectivity index (χ1) is 16.7. The van der Waals surface area contributed by atoms with Crippen molar-refractivity contribution < 1.29 is 29.9 Å². The van der Waals surface area contributed by atoms with Crippen molar-refractivity contribution >= 4 is 15.9 Å². The van der Waals surface area contributed by atoms with Gasteiger partial charge in [0, 0.05) is 22.2 Å². The average Bonchev–Trinajstić information content (AvgIpc) is 2.78. The Bertz CT molecular complexity index is 1270. The van der Waals surface area contributed by atoms with Crippen molar-refractivity contribution in [1.82, 2.24) is 15.0 Å². The molecule has 0 fully saturated rings. The van der Waals surface area contributed by atoms with Crippen molar-refractivity contribution in [2.45, 2.75) is 26.4 Å². The van der Waals surface area contributed by atoms with Crippen molar-refractivity contribution in [2.75, 3.05) is 0 Å². The lowest BCUT2D eigenvalue weighted by molar-refractivity contribution is -0.000996. The maximum Gasteiger partial charge on any atom is 0.194 e. The second-order valence-electron chi connectivity index (χ2n) is 7.61. The van der Waals surface area contributed by atoms with Gasteiger partial charge in [0.25, 0.3) is 0 Å². The molecule has 35 heavy (non-hydrogen) atoms. The summed E-state index contributed by atoms with van der Waals surface area (Å²) in [4.78, 5) is 13.6. The van der Waals surface area contributed by atoms with Gasteiger partial charge >= 0.3 is 0 Å². The molecule has 1 heterocycles. The molecule has 0 saturated heterocycles.